The van der Waals surface area contributed by atoms with Crippen molar-refractivity contribution >= 4 is 5.91 Å². The number of hydrogen-bond acceptors (Lipinski definition) is 3. The Bertz CT molecular complexity index is 866. The predicted molar refractivity (Wildman–Crippen MR) is 94.2 cm³/mol. The zero-order chi connectivity index (χ0) is 17.1. The fourth-order valence-electron chi connectivity index (χ4n) is 3.38. The van der Waals surface area contributed by atoms with Crippen LogP contribution in [-0.2, 0) is 25.9 Å². The molecule has 0 unspecified atom stereocenters. The second-order valence-corrected chi connectivity index (χ2v) is 6.39. The van der Waals surface area contributed by atoms with Crippen LogP contribution in [0.15, 0.2) is 42.7 Å². The summed E-state index contributed by atoms with van der Waals surface area (Å²) in [4.78, 5) is 12.6. The lowest BCUT2D eigenvalue weighted by molar-refractivity contribution is 0.0944. The minimum atomic E-state index is -0.103. The molecule has 0 atom stereocenters. The van der Waals surface area contributed by atoms with Crippen molar-refractivity contribution < 1.29 is 4.79 Å². The molecular weight excluding hydrogens is 314 g/mol. The smallest absolute Gasteiger partial charge is 0.272 e. The molecule has 0 saturated carbocycles. The third-order valence-electron chi connectivity index (χ3n) is 4.72. The molecular formula is C19H21N5O. The van der Waals surface area contributed by atoms with E-state index in [9.17, 15) is 4.79 Å². The Morgan fingerprint density at radius 3 is 2.84 bits per heavy atom. The van der Waals surface area contributed by atoms with Crippen LogP contribution in [0.25, 0.3) is 0 Å². The number of nitrogens with zero attached hydrogens (tertiary/aromatic N) is 3. The van der Waals surface area contributed by atoms with E-state index in [0.29, 0.717) is 18.8 Å². The van der Waals surface area contributed by atoms with E-state index in [4.69, 9.17) is 0 Å². The second kappa shape index (κ2) is 6.93. The molecule has 0 saturated heterocycles. The first-order valence-electron chi connectivity index (χ1n) is 8.70. The molecule has 1 aromatic carbocycles. The summed E-state index contributed by atoms with van der Waals surface area (Å²) < 4.78 is 1.88. The highest BCUT2D eigenvalue weighted by Crippen LogP contribution is 2.22. The zero-order valence-electron chi connectivity index (χ0n) is 14.0. The Balaban J connectivity index is 1.46. The third-order valence-corrected chi connectivity index (χ3v) is 4.72. The van der Waals surface area contributed by atoms with Crippen molar-refractivity contribution in [3.63, 3.8) is 0 Å². The minimum Gasteiger partial charge on any atom is -0.347 e. The summed E-state index contributed by atoms with van der Waals surface area (Å²) >= 11 is 0. The first-order chi connectivity index (χ1) is 12.3. The Morgan fingerprint density at radius 1 is 1.16 bits per heavy atom. The molecule has 2 aromatic heterocycles. The molecule has 1 aliphatic carbocycles. The minimum absolute atomic E-state index is 0.103. The lowest BCUT2D eigenvalue weighted by Gasteiger charge is -2.12. The topological polar surface area (TPSA) is 75.6 Å². The number of hydrogen-bond donors (Lipinski definition) is 2. The number of aromatic nitrogens is 4. The number of H-pyrrole nitrogens is 1. The van der Waals surface area contributed by atoms with Crippen molar-refractivity contribution in [2.24, 2.45) is 0 Å². The monoisotopic (exact) mass is 335 g/mol. The SMILES string of the molecule is O=C(NCc1ccccc1Cn1cccn1)c1n[nH]c2c1CCCC2. The van der Waals surface area contributed by atoms with E-state index in [0.717, 1.165) is 48.1 Å². The Hall–Kier alpha value is -2.89. The van der Waals surface area contributed by atoms with Crippen LogP contribution >= 0.6 is 0 Å². The molecule has 128 valence electrons. The maximum absolute atomic E-state index is 12.6. The Labute approximate surface area is 146 Å². The van der Waals surface area contributed by atoms with Gasteiger partial charge < -0.3 is 5.32 Å². The molecule has 0 radical (unpaired) electrons. The molecule has 6 heteroatoms. The Kier molecular flexibility index (Phi) is 4.33. The van der Waals surface area contributed by atoms with Crippen LogP contribution in [0.2, 0.25) is 0 Å². The van der Waals surface area contributed by atoms with Crippen molar-refractivity contribution in [2.45, 2.75) is 38.8 Å². The summed E-state index contributed by atoms with van der Waals surface area (Å²) in [6, 6.07) is 10.0. The van der Waals surface area contributed by atoms with Gasteiger partial charge in [0.2, 0.25) is 0 Å². The lowest BCUT2D eigenvalue weighted by atomic mass is 9.96. The van der Waals surface area contributed by atoms with E-state index in [2.05, 4.69) is 26.7 Å². The van der Waals surface area contributed by atoms with Crippen molar-refractivity contribution in [3.8, 4) is 0 Å². The number of carbonyl (C=O) groups is 1. The molecule has 0 bridgehead atoms. The van der Waals surface area contributed by atoms with Gasteiger partial charge in [0.1, 0.15) is 0 Å². The number of nitrogens with one attached hydrogen (secondary N) is 2. The second-order valence-electron chi connectivity index (χ2n) is 6.39. The molecule has 3 aromatic rings. The lowest BCUT2D eigenvalue weighted by Crippen LogP contribution is -2.25. The van der Waals surface area contributed by atoms with Gasteiger partial charge in [-0.2, -0.15) is 10.2 Å². The number of carbonyl (C=O) groups excluding carboxylic acids is 1. The van der Waals surface area contributed by atoms with Gasteiger partial charge in [0.15, 0.2) is 5.69 Å². The standard InChI is InChI=1S/C19H21N5O/c25-19(18-16-8-3-4-9-17(16)22-23-18)20-12-14-6-1-2-7-15(14)13-24-11-5-10-21-24/h1-2,5-7,10-11H,3-4,8-9,12-13H2,(H,20,25)(H,22,23). The fourth-order valence-corrected chi connectivity index (χ4v) is 3.38. The van der Waals surface area contributed by atoms with Crippen LogP contribution in [0.1, 0.15) is 45.7 Å². The maximum atomic E-state index is 12.6. The third kappa shape index (κ3) is 3.33. The molecule has 6 nitrogen and oxygen atoms in total. The zero-order valence-corrected chi connectivity index (χ0v) is 14.0. The normalized spacial score (nSPS) is 13.4. The summed E-state index contributed by atoms with van der Waals surface area (Å²) in [6.07, 6.45) is 7.92. The van der Waals surface area contributed by atoms with Crippen LogP contribution in [0.3, 0.4) is 0 Å². The first-order valence-corrected chi connectivity index (χ1v) is 8.70. The van der Waals surface area contributed by atoms with Gasteiger partial charge in [0, 0.05) is 30.2 Å². The van der Waals surface area contributed by atoms with Crippen molar-refractivity contribution in [1.29, 1.82) is 0 Å². The van der Waals surface area contributed by atoms with E-state index in [1.54, 1.807) is 6.20 Å². The molecule has 0 spiro atoms. The van der Waals surface area contributed by atoms with Gasteiger partial charge in [-0.15, -0.1) is 0 Å². The van der Waals surface area contributed by atoms with E-state index < -0.39 is 0 Å². The van der Waals surface area contributed by atoms with E-state index in [-0.39, 0.29) is 5.91 Å². The quantitative estimate of drug-likeness (QED) is 0.752. The van der Waals surface area contributed by atoms with Gasteiger partial charge in [-0.05, 0) is 42.9 Å². The molecule has 0 aliphatic heterocycles. The number of fused-ring (bicyclic) bond motifs is 1. The summed E-state index contributed by atoms with van der Waals surface area (Å²) in [6.45, 7) is 1.18. The summed E-state index contributed by atoms with van der Waals surface area (Å²) in [5.41, 5.74) is 5.01. The fraction of sp³-hybridized carbons (Fsp3) is 0.316. The van der Waals surface area contributed by atoms with Gasteiger partial charge in [0.25, 0.3) is 5.91 Å². The molecule has 25 heavy (non-hydrogen) atoms. The molecule has 1 aliphatic rings. The highest BCUT2D eigenvalue weighted by atomic mass is 16.1. The molecule has 0 fully saturated rings. The van der Waals surface area contributed by atoms with Crippen molar-refractivity contribution in [1.82, 2.24) is 25.3 Å². The molecule has 4 rings (SSSR count). The van der Waals surface area contributed by atoms with Gasteiger partial charge in [-0.3, -0.25) is 14.6 Å². The van der Waals surface area contributed by atoms with Crippen LogP contribution in [0, 0.1) is 0 Å². The average Bonchev–Trinajstić information content (AvgIpc) is 3.30. The summed E-state index contributed by atoms with van der Waals surface area (Å²) in [7, 11) is 0. The van der Waals surface area contributed by atoms with Gasteiger partial charge in [-0.1, -0.05) is 24.3 Å². The Morgan fingerprint density at radius 2 is 2.00 bits per heavy atom. The van der Waals surface area contributed by atoms with Crippen LogP contribution in [-0.4, -0.2) is 25.9 Å². The maximum Gasteiger partial charge on any atom is 0.272 e. The summed E-state index contributed by atoms with van der Waals surface area (Å²) in [5, 5.41) is 14.5. The highest BCUT2D eigenvalue weighted by Gasteiger charge is 2.21. The average molecular weight is 335 g/mol. The highest BCUT2D eigenvalue weighted by molar-refractivity contribution is 5.94. The first kappa shape index (κ1) is 15.6. The summed E-state index contributed by atoms with van der Waals surface area (Å²) in [5.74, 6) is -0.103. The number of benzene rings is 1. The molecule has 1 amide bonds. The van der Waals surface area contributed by atoms with Gasteiger partial charge in [-0.25, -0.2) is 0 Å². The van der Waals surface area contributed by atoms with Crippen molar-refractivity contribution in [2.75, 3.05) is 0 Å². The van der Waals surface area contributed by atoms with Crippen molar-refractivity contribution in [3.05, 3.63) is 70.8 Å². The van der Waals surface area contributed by atoms with E-state index >= 15 is 0 Å². The predicted octanol–water partition coefficient (Wildman–Crippen LogP) is 2.46. The number of aryl methyl sites for hydroxylation is 1. The van der Waals surface area contributed by atoms with E-state index in [1.165, 1.54) is 0 Å². The number of rotatable bonds is 5. The largest absolute Gasteiger partial charge is 0.347 e. The number of aromatic amines is 1. The van der Waals surface area contributed by atoms with Crippen LogP contribution in [0.5, 0.6) is 0 Å². The molecule has 2 heterocycles. The van der Waals surface area contributed by atoms with Crippen LogP contribution in [0.4, 0.5) is 0 Å². The van der Waals surface area contributed by atoms with Gasteiger partial charge >= 0.3 is 0 Å². The van der Waals surface area contributed by atoms with Gasteiger partial charge in [0.05, 0.1) is 6.54 Å². The van der Waals surface area contributed by atoms with Crippen LogP contribution < -0.4 is 5.32 Å². The van der Waals surface area contributed by atoms with E-state index in [1.807, 2.05) is 35.1 Å². The number of amides is 1. The molecule has 2 N–H and O–H groups in total.